The Morgan fingerprint density at radius 1 is 0.625 bits per heavy atom. The fourth-order valence-electron chi connectivity index (χ4n) is 7.28. The van der Waals surface area contributed by atoms with E-state index < -0.39 is 96.0 Å². The number of rotatable bonds is 24. The zero-order valence-corrected chi connectivity index (χ0v) is 37.2. The molecule has 18 heteroatoms. The highest BCUT2D eigenvalue weighted by Gasteiger charge is 2.36. The highest BCUT2D eigenvalue weighted by Crippen LogP contribution is 2.27. The Morgan fingerprint density at radius 3 is 1.67 bits per heavy atom. The molecule has 3 rings (SSSR count). The summed E-state index contributed by atoms with van der Waals surface area (Å²) in [5.41, 5.74) is 6.92. The molecule has 2 aromatic carbocycles. The van der Waals surface area contributed by atoms with E-state index in [0.717, 1.165) is 31.4 Å². The van der Waals surface area contributed by atoms with Crippen LogP contribution in [0.4, 0.5) is 0 Å². The summed E-state index contributed by atoms with van der Waals surface area (Å²) in [6, 6.07) is 10.8. The van der Waals surface area contributed by atoms with Gasteiger partial charge in [0.2, 0.25) is 47.3 Å². The normalized spacial score (nSPS) is 15.7. The van der Waals surface area contributed by atoms with Crippen molar-refractivity contribution in [1.82, 2.24) is 37.2 Å². The van der Waals surface area contributed by atoms with E-state index in [1.165, 1.54) is 6.92 Å². The molecule has 0 aliphatic heterocycles. The van der Waals surface area contributed by atoms with E-state index >= 15 is 0 Å². The Bertz CT molecular complexity index is 1950. The summed E-state index contributed by atoms with van der Waals surface area (Å²) in [4.78, 5) is 117. The van der Waals surface area contributed by atoms with Crippen molar-refractivity contribution in [2.45, 2.75) is 122 Å². The van der Waals surface area contributed by atoms with Crippen molar-refractivity contribution < 1.29 is 48.3 Å². The molecule has 0 heterocycles. The first-order valence-corrected chi connectivity index (χ1v) is 21.7. The average molecular weight is 889 g/mol. The van der Waals surface area contributed by atoms with Gasteiger partial charge in [-0.15, -0.1) is 0 Å². The molecule has 1 fully saturated rings. The first kappa shape index (κ1) is 51.8. The Kier molecular flexibility index (Phi) is 21.1. The maximum atomic E-state index is 14.1. The molecule has 0 saturated heterocycles. The molecule has 1 saturated carbocycles. The SMILES string of the molecule is CC(C)C[C@H](NC(=O)[C@@H](NC(=O)[C@H](Cc1ccccc1)NC(=O)/C=C/C(=O)N[C@@H](C)C(=O)NCC(=O)N[C@@H](Cc1ccccc1)C(=O)O)C1CCCCC1)C(=O)N[C@H](C(N)=O)C(C)C. The van der Waals surface area contributed by atoms with Gasteiger partial charge in [0, 0.05) is 25.0 Å². The lowest BCUT2D eigenvalue weighted by Gasteiger charge is -2.33. The Labute approximate surface area is 374 Å². The molecule has 8 amide bonds. The van der Waals surface area contributed by atoms with Crippen LogP contribution in [0, 0.1) is 17.8 Å². The first-order valence-electron chi connectivity index (χ1n) is 21.7. The number of carboxylic acids is 1. The summed E-state index contributed by atoms with van der Waals surface area (Å²) >= 11 is 0. The maximum Gasteiger partial charge on any atom is 0.326 e. The van der Waals surface area contributed by atoms with Gasteiger partial charge in [-0.2, -0.15) is 0 Å². The molecule has 10 N–H and O–H groups in total. The molecule has 1 aliphatic carbocycles. The van der Waals surface area contributed by atoms with Crippen molar-refractivity contribution in [3.05, 3.63) is 83.9 Å². The van der Waals surface area contributed by atoms with Crippen LogP contribution in [0.2, 0.25) is 0 Å². The maximum absolute atomic E-state index is 14.1. The van der Waals surface area contributed by atoms with Gasteiger partial charge in [-0.3, -0.25) is 38.4 Å². The third kappa shape index (κ3) is 18.0. The number of carbonyl (C=O) groups excluding carboxylic acids is 8. The molecule has 0 bridgehead atoms. The number of carbonyl (C=O) groups is 9. The van der Waals surface area contributed by atoms with Gasteiger partial charge >= 0.3 is 5.97 Å². The molecule has 0 spiro atoms. The predicted molar refractivity (Wildman–Crippen MR) is 237 cm³/mol. The van der Waals surface area contributed by atoms with Crippen LogP contribution in [0.3, 0.4) is 0 Å². The second kappa shape index (κ2) is 26.1. The van der Waals surface area contributed by atoms with Crippen molar-refractivity contribution in [2.24, 2.45) is 23.5 Å². The van der Waals surface area contributed by atoms with Crippen molar-refractivity contribution in [1.29, 1.82) is 0 Å². The average Bonchev–Trinajstić information content (AvgIpc) is 3.25. The summed E-state index contributed by atoms with van der Waals surface area (Å²) in [5, 5.41) is 27.6. The lowest BCUT2D eigenvalue weighted by atomic mass is 9.83. The van der Waals surface area contributed by atoms with Crippen LogP contribution in [-0.2, 0) is 56.0 Å². The number of hydrogen-bond donors (Lipinski definition) is 9. The number of hydrogen-bond acceptors (Lipinski definition) is 9. The van der Waals surface area contributed by atoms with E-state index in [4.69, 9.17) is 5.73 Å². The fourth-order valence-corrected chi connectivity index (χ4v) is 7.28. The molecule has 64 heavy (non-hydrogen) atoms. The second-order valence-corrected chi connectivity index (χ2v) is 16.9. The monoisotopic (exact) mass is 888 g/mol. The molecular weight excluding hydrogens is 825 g/mol. The molecule has 0 unspecified atom stereocenters. The minimum atomic E-state index is -1.25. The van der Waals surface area contributed by atoms with Crippen LogP contribution in [0.25, 0.3) is 0 Å². The van der Waals surface area contributed by atoms with Gasteiger partial charge < -0.3 is 48.1 Å². The molecule has 0 aromatic heterocycles. The van der Waals surface area contributed by atoms with Crippen molar-refractivity contribution in [3.63, 3.8) is 0 Å². The van der Waals surface area contributed by atoms with Crippen LogP contribution in [0.1, 0.15) is 84.3 Å². The number of amides is 8. The summed E-state index contributed by atoms with van der Waals surface area (Å²) in [6.07, 6.45) is 5.90. The molecule has 0 radical (unpaired) electrons. The highest BCUT2D eigenvalue weighted by molar-refractivity contribution is 6.01. The zero-order valence-electron chi connectivity index (χ0n) is 37.2. The van der Waals surface area contributed by atoms with Gasteiger partial charge in [-0.05, 0) is 55.1 Å². The smallest absolute Gasteiger partial charge is 0.326 e. The molecule has 6 atom stereocenters. The fraction of sp³-hybridized carbons (Fsp3) is 0.500. The molecule has 18 nitrogen and oxygen atoms in total. The van der Waals surface area contributed by atoms with Crippen LogP contribution < -0.4 is 43.0 Å². The molecule has 348 valence electrons. The van der Waals surface area contributed by atoms with E-state index in [0.29, 0.717) is 24.0 Å². The number of benzene rings is 2. The summed E-state index contributed by atoms with van der Waals surface area (Å²) in [5.74, 6) is -7.61. The van der Waals surface area contributed by atoms with Gasteiger partial charge in [-0.1, -0.05) is 108 Å². The van der Waals surface area contributed by atoms with E-state index in [1.54, 1.807) is 74.5 Å². The molecular formula is C46H64N8O10. The molecule has 1 aliphatic rings. The van der Waals surface area contributed by atoms with Crippen LogP contribution in [0.15, 0.2) is 72.8 Å². The highest BCUT2D eigenvalue weighted by atomic mass is 16.4. The van der Waals surface area contributed by atoms with Gasteiger partial charge in [0.25, 0.3) is 0 Å². The van der Waals surface area contributed by atoms with E-state index in [-0.39, 0.29) is 37.0 Å². The van der Waals surface area contributed by atoms with Gasteiger partial charge in [0.05, 0.1) is 6.54 Å². The number of nitrogens with one attached hydrogen (secondary N) is 7. The number of primary amides is 1. The second-order valence-electron chi connectivity index (χ2n) is 16.9. The van der Waals surface area contributed by atoms with Crippen molar-refractivity contribution in [3.8, 4) is 0 Å². The summed E-state index contributed by atoms with van der Waals surface area (Å²) in [6.45, 7) is 8.01. The number of nitrogens with two attached hydrogens (primary N) is 1. The van der Waals surface area contributed by atoms with E-state index in [2.05, 4.69) is 37.2 Å². The lowest BCUT2D eigenvalue weighted by Crippen LogP contribution is -2.60. The molecule has 2 aromatic rings. The van der Waals surface area contributed by atoms with Crippen LogP contribution in [-0.4, -0.2) is 101 Å². The lowest BCUT2D eigenvalue weighted by molar-refractivity contribution is -0.141. The van der Waals surface area contributed by atoms with Crippen LogP contribution >= 0.6 is 0 Å². The third-order valence-electron chi connectivity index (χ3n) is 10.7. The quantitative estimate of drug-likeness (QED) is 0.0673. The summed E-state index contributed by atoms with van der Waals surface area (Å²) < 4.78 is 0. The largest absolute Gasteiger partial charge is 0.480 e. The number of carboxylic acid groups (broad SMARTS) is 1. The predicted octanol–water partition coefficient (Wildman–Crippen LogP) is 0.925. The Balaban J connectivity index is 1.68. The number of aliphatic carboxylic acids is 1. The van der Waals surface area contributed by atoms with Gasteiger partial charge in [0.1, 0.15) is 36.3 Å². The van der Waals surface area contributed by atoms with E-state index in [9.17, 15) is 48.3 Å². The first-order chi connectivity index (χ1) is 30.3. The van der Waals surface area contributed by atoms with Crippen LogP contribution in [0.5, 0.6) is 0 Å². The van der Waals surface area contributed by atoms with Crippen molar-refractivity contribution in [2.75, 3.05) is 6.54 Å². The van der Waals surface area contributed by atoms with Crippen molar-refractivity contribution >= 4 is 53.2 Å². The standard InChI is InChI=1S/C46H64N8O10/c1-27(2)23-33(43(60)53-39(28(3)4)41(47)58)52-45(62)40(32-19-13-8-14-20-32)54-44(61)34(24-30-15-9-6-10-16-30)50-37(56)22-21-36(55)49-29(5)42(59)48-26-38(57)51-35(46(63)64)25-31-17-11-7-12-18-31/h6-7,9-12,15-18,21-22,27-29,32-35,39-40H,8,13-14,19-20,23-26H2,1-5H3,(H2,47,58)(H,48,59)(H,49,55)(H,50,56)(H,51,57)(H,52,62)(H,53,60)(H,54,61)(H,63,64)/b22-21+/t29-,33-,34-,35-,39-,40-/m0/s1. The Morgan fingerprint density at radius 2 is 1.16 bits per heavy atom. The minimum absolute atomic E-state index is 0.0177. The van der Waals surface area contributed by atoms with Gasteiger partial charge in [-0.25, -0.2) is 4.79 Å². The zero-order chi connectivity index (χ0) is 47.3. The summed E-state index contributed by atoms with van der Waals surface area (Å²) in [7, 11) is 0. The van der Waals surface area contributed by atoms with Gasteiger partial charge in [0.15, 0.2) is 0 Å². The Hall–Kier alpha value is -6.59. The third-order valence-corrected chi connectivity index (χ3v) is 10.7. The minimum Gasteiger partial charge on any atom is -0.480 e. The topological polar surface area (TPSA) is 284 Å². The van der Waals surface area contributed by atoms with E-state index in [1.807, 2.05) is 13.8 Å².